The molecule has 0 spiro atoms. The van der Waals surface area contributed by atoms with Crippen molar-refractivity contribution in [3.63, 3.8) is 0 Å². The molecular weight excluding hydrogens is 380 g/mol. The maximum Gasteiger partial charge on any atom is 0.236 e. The number of nitrogens with one attached hydrogen (secondary N) is 2. The third-order valence-electron chi connectivity index (χ3n) is 3.48. The molecule has 138 valence electrons. The van der Waals surface area contributed by atoms with Gasteiger partial charge in [0.25, 0.3) is 0 Å². The maximum atomic E-state index is 12.0. The highest BCUT2D eigenvalue weighted by Gasteiger charge is 2.10. The molecule has 0 fully saturated rings. The van der Waals surface area contributed by atoms with Crippen LogP contribution in [0.1, 0.15) is 5.56 Å². The topological polar surface area (TPSA) is 84.0 Å². The molecule has 2 aromatic heterocycles. The van der Waals surface area contributed by atoms with Crippen LogP contribution in [-0.4, -0.2) is 33.3 Å². The molecule has 0 radical (unpaired) electrons. The van der Waals surface area contributed by atoms with Gasteiger partial charge in [0.2, 0.25) is 11.8 Å². The molecule has 2 amide bonds. The van der Waals surface area contributed by atoms with E-state index in [4.69, 9.17) is 0 Å². The first-order valence-corrected chi connectivity index (χ1v) is 10.2. The Morgan fingerprint density at radius 3 is 2.44 bits per heavy atom. The van der Waals surface area contributed by atoms with Crippen LogP contribution in [0.3, 0.4) is 0 Å². The lowest BCUT2D eigenvalue weighted by atomic mass is 10.2. The molecule has 6 nitrogen and oxygen atoms in total. The molecule has 2 N–H and O–H groups in total. The minimum atomic E-state index is -0.190. The van der Waals surface area contributed by atoms with Gasteiger partial charge in [0.05, 0.1) is 17.2 Å². The SMILES string of the molecule is Cc1ccc(NC(=O)CSCC(=O)Nc2nc(-c3ccccn3)cs2)cc1. The van der Waals surface area contributed by atoms with Crippen LogP contribution >= 0.6 is 23.1 Å². The number of aromatic nitrogens is 2. The molecular formula is C19H18N4O2S2. The highest BCUT2D eigenvalue weighted by molar-refractivity contribution is 8.00. The summed E-state index contributed by atoms with van der Waals surface area (Å²) in [7, 11) is 0. The molecule has 0 bridgehead atoms. The van der Waals surface area contributed by atoms with Gasteiger partial charge in [0, 0.05) is 17.3 Å². The van der Waals surface area contributed by atoms with E-state index in [1.807, 2.05) is 54.8 Å². The number of carbonyl (C=O) groups is 2. The van der Waals surface area contributed by atoms with Gasteiger partial charge < -0.3 is 10.6 Å². The summed E-state index contributed by atoms with van der Waals surface area (Å²) in [6.07, 6.45) is 1.70. The van der Waals surface area contributed by atoms with Crippen LogP contribution in [0, 0.1) is 6.92 Å². The number of benzene rings is 1. The molecule has 0 atom stereocenters. The van der Waals surface area contributed by atoms with Crippen molar-refractivity contribution >= 4 is 45.7 Å². The fourth-order valence-corrected chi connectivity index (χ4v) is 3.53. The number of rotatable bonds is 7. The summed E-state index contributed by atoms with van der Waals surface area (Å²) < 4.78 is 0. The number of amides is 2. The molecule has 3 rings (SSSR count). The van der Waals surface area contributed by atoms with E-state index in [0.717, 1.165) is 22.6 Å². The van der Waals surface area contributed by atoms with Crippen LogP contribution < -0.4 is 10.6 Å². The van der Waals surface area contributed by atoms with Gasteiger partial charge in [-0.05, 0) is 31.2 Å². The maximum absolute atomic E-state index is 12.0. The fraction of sp³-hybridized carbons (Fsp3) is 0.158. The Bertz CT molecular complexity index is 911. The van der Waals surface area contributed by atoms with Gasteiger partial charge in [-0.1, -0.05) is 23.8 Å². The first kappa shape index (κ1) is 19.1. The summed E-state index contributed by atoms with van der Waals surface area (Å²) in [6.45, 7) is 1.99. The highest BCUT2D eigenvalue weighted by Crippen LogP contribution is 2.23. The number of hydrogen-bond donors (Lipinski definition) is 2. The van der Waals surface area contributed by atoms with Crippen LogP contribution in [0.2, 0.25) is 0 Å². The van der Waals surface area contributed by atoms with Crippen molar-refractivity contribution in [1.29, 1.82) is 0 Å². The monoisotopic (exact) mass is 398 g/mol. The lowest BCUT2D eigenvalue weighted by molar-refractivity contribution is -0.114. The summed E-state index contributed by atoms with van der Waals surface area (Å²) >= 11 is 2.60. The van der Waals surface area contributed by atoms with E-state index in [0.29, 0.717) is 5.13 Å². The van der Waals surface area contributed by atoms with Crippen molar-refractivity contribution in [2.75, 3.05) is 22.1 Å². The van der Waals surface area contributed by atoms with Gasteiger partial charge in [-0.25, -0.2) is 4.98 Å². The second kappa shape index (κ2) is 9.29. The van der Waals surface area contributed by atoms with Crippen LogP contribution in [0.25, 0.3) is 11.4 Å². The molecule has 1 aromatic carbocycles. The largest absolute Gasteiger partial charge is 0.325 e. The zero-order valence-electron chi connectivity index (χ0n) is 14.6. The average molecular weight is 399 g/mol. The Hall–Kier alpha value is -2.71. The van der Waals surface area contributed by atoms with Crippen molar-refractivity contribution < 1.29 is 9.59 Å². The van der Waals surface area contributed by atoms with Crippen LogP contribution in [0.5, 0.6) is 0 Å². The summed E-state index contributed by atoms with van der Waals surface area (Å²) in [5, 5.41) is 7.92. The number of anilines is 2. The van der Waals surface area contributed by atoms with Gasteiger partial charge in [0.1, 0.15) is 5.69 Å². The standard InChI is InChI=1S/C19H18N4O2S2/c1-13-5-7-14(8-6-13)21-17(24)11-26-12-18(25)23-19-22-16(10-27-19)15-4-2-3-9-20-15/h2-10H,11-12H2,1H3,(H,21,24)(H,22,23,25). The van der Waals surface area contributed by atoms with E-state index in [2.05, 4.69) is 20.6 Å². The van der Waals surface area contributed by atoms with Crippen molar-refractivity contribution in [1.82, 2.24) is 9.97 Å². The Labute approximate surface area is 165 Å². The Balaban J connectivity index is 1.41. The number of nitrogens with zero attached hydrogens (tertiary/aromatic N) is 2. The molecule has 3 aromatic rings. The van der Waals surface area contributed by atoms with Gasteiger partial charge in [-0.15, -0.1) is 23.1 Å². The smallest absolute Gasteiger partial charge is 0.236 e. The van der Waals surface area contributed by atoms with E-state index in [1.165, 1.54) is 23.1 Å². The molecule has 0 saturated heterocycles. The molecule has 2 heterocycles. The summed E-state index contributed by atoms with van der Waals surface area (Å²) in [5.74, 6) is 0.0615. The zero-order chi connectivity index (χ0) is 19.1. The van der Waals surface area contributed by atoms with Gasteiger partial charge in [-0.3, -0.25) is 14.6 Å². The van der Waals surface area contributed by atoms with Crippen LogP contribution in [0.4, 0.5) is 10.8 Å². The van der Waals surface area contributed by atoms with Gasteiger partial charge in [-0.2, -0.15) is 0 Å². The average Bonchev–Trinajstić information content (AvgIpc) is 3.13. The van der Waals surface area contributed by atoms with E-state index < -0.39 is 0 Å². The predicted molar refractivity (Wildman–Crippen MR) is 111 cm³/mol. The third kappa shape index (κ3) is 5.90. The summed E-state index contributed by atoms with van der Waals surface area (Å²) in [6, 6.07) is 13.2. The van der Waals surface area contributed by atoms with Gasteiger partial charge >= 0.3 is 0 Å². The molecule has 0 unspecified atom stereocenters. The zero-order valence-corrected chi connectivity index (χ0v) is 16.3. The van der Waals surface area contributed by atoms with Gasteiger partial charge in [0.15, 0.2) is 5.13 Å². The Kier molecular flexibility index (Phi) is 6.56. The highest BCUT2D eigenvalue weighted by atomic mass is 32.2. The Morgan fingerprint density at radius 1 is 1.00 bits per heavy atom. The quantitative estimate of drug-likeness (QED) is 0.632. The lowest BCUT2D eigenvalue weighted by Crippen LogP contribution is -2.18. The van der Waals surface area contributed by atoms with Crippen molar-refractivity contribution in [2.45, 2.75) is 6.92 Å². The number of thiazole rings is 1. The van der Waals surface area contributed by atoms with E-state index in [1.54, 1.807) is 6.20 Å². The van der Waals surface area contributed by atoms with Crippen LogP contribution in [-0.2, 0) is 9.59 Å². The third-order valence-corrected chi connectivity index (χ3v) is 5.17. The lowest BCUT2D eigenvalue weighted by Gasteiger charge is -2.05. The number of thioether (sulfide) groups is 1. The summed E-state index contributed by atoms with van der Waals surface area (Å²) in [4.78, 5) is 32.5. The van der Waals surface area contributed by atoms with Crippen molar-refractivity contribution in [3.05, 3.63) is 59.6 Å². The molecule has 8 heteroatoms. The number of pyridine rings is 1. The van der Waals surface area contributed by atoms with Crippen LogP contribution in [0.15, 0.2) is 54.0 Å². The number of carbonyl (C=O) groups excluding carboxylic acids is 2. The molecule has 0 aliphatic carbocycles. The normalized spacial score (nSPS) is 10.4. The minimum Gasteiger partial charge on any atom is -0.325 e. The number of hydrogen-bond acceptors (Lipinski definition) is 6. The predicted octanol–water partition coefficient (Wildman–Crippen LogP) is 3.82. The summed E-state index contributed by atoms with van der Waals surface area (Å²) in [5.41, 5.74) is 3.37. The number of aryl methyl sites for hydroxylation is 1. The van der Waals surface area contributed by atoms with Crippen molar-refractivity contribution in [3.8, 4) is 11.4 Å². The molecule has 0 aliphatic heterocycles. The van der Waals surface area contributed by atoms with Crippen molar-refractivity contribution in [2.24, 2.45) is 0 Å². The second-order valence-corrected chi connectivity index (χ2v) is 7.55. The molecule has 0 saturated carbocycles. The first-order chi connectivity index (χ1) is 13.1. The molecule has 0 aliphatic rings. The first-order valence-electron chi connectivity index (χ1n) is 8.21. The Morgan fingerprint density at radius 2 is 1.74 bits per heavy atom. The molecule has 27 heavy (non-hydrogen) atoms. The minimum absolute atomic E-state index is 0.136. The second-order valence-electron chi connectivity index (χ2n) is 5.71. The van der Waals surface area contributed by atoms with E-state index in [-0.39, 0.29) is 23.3 Å². The van der Waals surface area contributed by atoms with E-state index in [9.17, 15) is 9.59 Å². The fourth-order valence-electron chi connectivity index (χ4n) is 2.19. The van der Waals surface area contributed by atoms with E-state index >= 15 is 0 Å².